The fourth-order valence-corrected chi connectivity index (χ4v) is 1.44. The van der Waals surface area contributed by atoms with E-state index in [-0.39, 0.29) is 23.7 Å². The second kappa shape index (κ2) is 4.79. The van der Waals surface area contributed by atoms with Crippen LogP contribution in [0.15, 0.2) is 24.3 Å². The van der Waals surface area contributed by atoms with E-state index in [0.717, 1.165) is 0 Å². The number of nitrogens with zero attached hydrogens (tertiary/aromatic N) is 1. The quantitative estimate of drug-likeness (QED) is 0.637. The van der Waals surface area contributed by atoms with Crippen LogP contribution in [0.1, 0.15) is 11.7 Å². The average molecular weight is 259 g/mol. The van der Waals surface area contributed by atoms with Crippen molar-refractivity contribution >= 4 is 30.1 Å². The highest BCUT2D eigenvalue weighted by Gasteiger charge is 2.37. The van der Waals surface area contributed by atoms with E-state index in [1.807, 2.05) is 5.32 Å². The molecule has 1 heterocycles. The molecular formula is C9H7ClN2O5. The molecule has 1 aromatic rings. The first-order valence-electron chi connectivity index (χ1n) is 4.34. The highest BCUT2D eigenvalue weighted by atomic mass is 35.5. The largest absolute Gasteiger partial charge is 0.431 e. The Morgan fingerprint density at radius 3 is 2.47 bits per heavy atom. The van der Waals surface area contributed by atoms with E-state index < -0.39 is 23.0 Å². The van der Waals surface area contributed by atoms with Crippen LogP contribution in [0.3, 0.4) is 0 Å². The lowest BCUT2D eigenvalue weighted by molar-refractivity contribution is -0.386. The van der Waals surface area contributed by atoms with Gasteiger partial charge in [-0.1, -0.05) is 12.1 Å². The van der Waals surface area contributed by atoms with E-state index in [0.29, 0.717) is 0 Å². The predicted molar refractivity (Wildman–Crippen MR) is 57.7 cm³/mol. The van der Waals surface area contributed by atoms with Crippen molar-refractivity contribution in [3.05, 3.63) is 39.9 Å². The number of nitro groups is 1. The first-order valence-corrected chi connectivity index (χ1v) is 4.34. The Morgan fingerprint density at radius 2 is 1.94 bits per heavy atom. The van der Waals surface area contributed by atoms with E-state index in [1.54, 1.807) is 0 Å². The minimum absolute atomic E-state index is 0. The molecule has 17 heavy (non-hydrogen) atoms. The number of benzene rings is 1. The van der Waals surface area contributed by atoms with Gasteiger partial charge in [-0.2, -0.15) is 0 Å². The van der Waals surface area contributed by atoms with Crippen molar-refractivity contribution in [1.82, 2.24) is 5.32 Å². The molecule has 0 aliphatic carbocycles. The molecule has 1 unspecified atom stereocenters. The molecule has 0 aromatic heterocycles. The number of ether oxygens (including phenoxy) is 1. The Labute approximate surface area is 101 Å². The molecule has 1 N–H and O–H groups in total. The van der Waals surface area contributed by atoms with Crippen LogP contribution in [0.2, 0.25) is 0 Å². The fraction of sp³-hybridized carbons (Fsp3) is 0.111. The summed E-state index contributed by atoms with van der Waals surface area (Å²) >= 11 is 0. The van der Waals surface area contributed by atoms with Crippen molar-refractivity contribution in [2.24, 2.45) is 0 Å². The van der Waals surface area contributed by atoms with Crippen LogP contribution in [-0.4, -0.2) is 16.9 Å². The minimum Gasteiger partial charge on any atom is -0.431 e. The summed E-state index contributed by atoms with van der Waals surface area (Å²) in [6, 6.07) is 5.62. The molecule has 2 amide bonds. The van der Waals surface area contributed by atoms with Gasteiger partial charge in [0.05, 0.1) is 10.5 Å². The summed E-state index contributed by atoms with van der Waals surface area (Å²) in [5.74, 6) is -0.695. The van der Waals surface area contributed by atoms with Gasteiger partial charge in [-0.05, 0) is 6.07 Å². The van der Waals surface area contributed by atoms with Gasteiger partial charge in [0.2, 0.25) is 6.10 Å². The van der Waals surface area contributed by atoms with Gasteiger partial charge < -0.3 is 4.74 Å². The Balaban J connectivity index is 0.00000144. The molecular weight excluding hydrogens is 252 g/mol. The van der Waals surface area contributed by atoms with Crippen molar-refractivity contribution in [3.8, 4) is 0 Å². The molecule has 1 aromatic carbocycles. The SMILES string of the molecule is Cl.O=C1NC(=O)C(c2ccccc2[N+](=O)[O-])O1. The van der Waals surface area contributed by atoms with Gasteiger partial charge in [-0.15, -0.1) is 12.4 Å². The van der Waals surface area contributed by atoms with E-state index >= 15 is 0 Å². The van der Waals surface area contributed by atoms with Gasteiger partial charge in [0.15, 0.2) is 0 Å². The van der Waals surface area contributed by atoms with Crippen LogP contribution in [0.4, 0.5) is 10.5 Å². The van der Waals surface area contributed by atoms with Crippen LogP contribution in [0.5, 0.6) is 0 Å². The molecule has 8 heteroatoms. The fourth-order valence-electron chi connectivity index (χ4n) is 1.44. The number of cyclic esters (lactones) is 1. The van der Waals surface area contributed by atoms with Crippen molar-refractivity contribution in [1.29, 1.82) is 0 Å². The summed E-state index contributed by atoms with van der Waals surface area (Å²) in [6.45, 7) is 0. The summed E-state index contributed by atoms with van der Waals surface area (Å²) in [6.07, 6.45) is -2.14. The van der Waals surface area contributed by atoms with Gasteiger partial charge in [0, 0.05) is 6.07 Å². The summed E-state index contributed by atoms with van der Waals surface area (Å²) in [7, 11) is 0. The van der Waals surface area contributed by atoms with Gasteiger partial charge in [0.25, 0.3) is 11.6 Å². The number of hydrogen-bond donors (Lipinski definition) is 1. The second-order valence-corrected chi connectivity index (χ2v) is 3.09. The van der Waals surface area contributed by atoms with Crippen molar-refractivity contribution in [2.45, 2.75) is 6.10 Å². The maximum atomic E-state index is 11.3. The zero-order valence-corrected chi connectivity index (χ0v) is 9.10. The third-order valence-corrected chi connectivity index (χ3v) is 2.10. The number of carbonyl (C=O) groups excluding carboxylic acids is 2. The highest BCUT2D eigenvalue weighted by Crippen LogP contribution is 2.29. The number of imide groups is 1. The smallest absolute Gasteiger partial charge is 0.415 e. The Kier molecular flexibility index (Phi) is 3.64. The van der Waals surface area contributed by atoms with Crippen molar-refractivity contribution in [2.75, 3.05) is 0 Å². The first-order chi connectivity index (χ1) is 7.59. The molecule has 7 nitrogen and oxygen atoms in total. The summed E-state index contributed by atoms with van der Waals surface area (Å²) in [4.78, 5) is 32.1. The predicted octanol–water partition coefficient (Wildman–Crippen LogP) is 1.32. The molecule has 1 aliphatic rings. The summed E-state index contributed by atoms with van der Waals surface area (Å²) in [5.41, 5.74) is -0.187. The first kappa shape index (κ1) is 12.9. The Morgan fingerprint density at radius 1 is 1.29 bits per heavy atom. The molecule has 1 atom stereocenters. The number of halogens is 1. The lowest BCUT2D eigenvalue weighted by atomic mass is 10.1. The van der Waals surface area contributed by atoms with E-state index in [4.69, 9.17) is 0 Å². The highest BCUT2D eigenvalue weighted by molar-refractivity contribution is 6.00. The summed E-state index contributed by atoms with van der Waals surface area (Å²) < 4.78 is 4.65. The third kappa shape index (κ3) is 2.34. The van der Waals surface area contributed by atoms with Crippen molar-refractivity contribution in [3.63, 3.8) is 0 Å². The van der Waals surface area contributed by atoms with E-state index in [9.17, 15) is 19.7 Å². The average Bonchev–Trinajstić information content (AvgIpc) is 2.57. The van der Waals surface area contributed by atoms with Crippen LogP contribution in [0, 0.1) is 10.1 Å². The number of hydrogen-bond acceptors (Lipinski definition) is 5. The number of alkyl carbamates (subject to hydrolysis) is 1. The normalized spacial score (nSPS) is 18.0. The zero-order chi connectivity index (χ0) is 11.7. The van der Waals surface area contributed by atoms with Crippen LogP contribution < -0.4 is 5.32 Å². The standard InChI is InChI=1S/C9H6N2O5.ClH/c12-8-7(16-9(13)10-8)5-3-1-2-4-6(5)11(14)15;/h1-4,7H,(H,10,12,13);1H. The topological polar surface area (TPSA) is 98.5 Å². The zero-order valence-electron chi connectivity index (χ0n) is 8.28. The maximum absolute atomic E-state index is 11.3. The summed E-state index contributed by atoms with van der Waals surface area (Å²) in [5, 5.41) is 12.6. The van der Waals surface area contributed by atoms with Gasteiger partial charge in [0.1, 0.15) is 0 Å². The molecule has 1 saturated heterocycles. The third-order valence-electron chi connectivity index (χ3n) is 2.10. The number of nitro benzene ring substituents is 1. The second-order valence-electron chi connectivity index (χ2n) is 3.09. The molecule has 1 aliphatic heterocycles. The Bertz CT molecular complexity index is 490. The molecule has 0 saturated carbocycles. The molecule has 90 valence electrons. The number of rotatable bonds is 2. The van der Waals surface area contributed by atoms with Crippen molar-refractivity contribution < 1.29 is 19.2 Å². The van der Waals surface area contributed by atoms with E-state index in [2.05, 4.69) is 4.74 Å². The number of amides is 2. The monoisotopic (exact) mass is 258 g/mol. The minimum atomic E-state index is -1.24. The van der Waals surface area contributed by atoms with Gasteiger partial charge in [-0.25, -0.2) is 4.79 Å². The maximum Gasteiger partial charge on any atom is 0.415 e. The van der Waals surface area contributed by atoms with Crippen LogP contribution in [-0.2, 0) is 9.53 Å². The van der Waals surface area contributed by atoms with E-state index in [1.165, 1.54) is 24.3 Å². The van der Waals surface area contributed by atoms with Crippen LogP contribution in [0.25, 0.3) is 0 Å². The van der Waals surface area contributed by atoms with Crippen LogP contribution >= 0.6 is 12.4 Å². The lowest BCUT2D eigenvalue weighted by Crippen LogP contribution is -2.20. The van der Waals surface area contributed by atoms with Gasteiger partial charge in [-0.3, -0.25) is 20.2 Å². The number of nitrogens with one attached hydrogen (secondary N) is 1. The lowest BCUT2D eigenvalue weighted by Gasteiger charge is -2.06. The molecule has 0 radical (unpaired) electrons. The molecule has 0 bridgehead atoms. The molecule has 1 fully saturated rings. The molecule has 2 rings (SSSR count). The van der Waals surface area contributed by atoms with Gasteiger partial charge >= 0.3 is 6.09 Å². The number of para-hydroxylation sites is 1. The molecule has 0 spiro atoms. The Hall–Kier alpha value is -2.15. The number of carbonyl (C=O) groups is 2.